The van der Waals surface area contributed by atoms with Gasteiger partial charge in [-0.3, -0.25) is 9.59 Å². The normalized spacial score (nSPS) is 13.4. The van der Waals surface area contributed by atoms with E-state index in [1.165, 1.54) is 141 Å². The van der Waals surface area contributed by atoms with Crippen LogP contribution in [0.15, 0.2) is 97.2 Å². The predicted molar refractivity (Wildman–Crippen MR) is 336 cm³/mol. The number of ether oxygens (including phenoxy) is 4. The number of allylic oxidation sites excluding steroid dienone is 16. The van der Waals surface area contributed by atoms with E-state index in [1.807, 2.05) is 21.1 Å². The fourth-order valence-corrected chi connectivity index (χ4v) is 8.87. The van der Waals surface area contributed by atoms with Gasteiger partial charge in [0, 0.05) is 12.8 Å². The van der Waals surface area contributed by atoms with E-state index in [1.54, 1.807) is 0 Å². The van der Waals surface area contributed by atoms with Crippen LogP contribution >= 0.6 is 0 Å². The SMILES string of the molecule is CC/C=C\C/C=C\C/C=C\C/C=C\C/C=C\C/C=C\C/C=C\CCCCCCCC(=O)OC(COC(=O)CCCCCCCCCCCCCCCCC/C=C\CCCCCCCCCC)COC(OCC[N+](C)(C)C)C(=O)O. The highest BCUT2D eigenvalue weighted by atomic mass is 16.7. The highest BCUT2D eigenvalue weighted by molar-refractivity contribution is 5.71. The first-order chi connectivity index (χ1) is 38.6. The molecule has 0 aliphatic heterocycles. The van der Waals surface area contributed by atoms with Gasteiger partial charge >= 0.3 is 17.9 Å². The van der Waals surface area contributed by atoms with Gasteiger partial charge in [0.05, 0.1) is 34.4 Å². The number of carbonyl (C=O) groups excluding carboxylic acids is 2. The molecule has 0 heterocycles. The minimum Gasteiger partial charge on any atom is -0.477 e. The van der Waals surface area contributed by atoms with Crippen LogP contribution in [-0.4, -0.2) is 87.4 Å². The van der Waals surface area contributed by atoms with E-state index in [9.17, 15) is 19.5 Å². The van der Waals surface area contributed by atoms with Crippen molar-refractivity contribution < 1.29 is 42.9 Å². The van der Waals surface area contributed by atoms with Gasteiger partial charge < -0.3 is 28.5 Å². The van der Waals surface area contributed by atoms with Crippen molar-refractivity contribution >= 4 is 17.9 Å². The number of carbonyl (C=O) groups is 3. The first kappa shape index (κ1) is 75.2. The molecule has 0 bridgehead atoms. The van der Waals surface area contributed by atoms with Crippen molar-refractivity contribution in [1.29, 1.82) is 0 Å². The van der Waals surface area contributed by atoms with Crippen LogP contribution in [0.4, 0.5) is 0 Å². The second-order valence-electron chi connectivity index (χ2n) is 22.7. The number of unbranched alkanes of at least 4 members (excludes halogenated alkanes) is 28. The van der Waals surface area contributed by atoms with Crippen molar-refractivity contribution in [3.8, 4) is 0 Å². The fraction of sp³-hybridized carbons (Fsp3) is 0.729. The molecule has 454 valence electrons. The highest BCUT2D eigenvalue weighted by Crippen LogP contribution is 2.16. The first-order valence-electron chi connectivity index (χ1n) is 32.4. The number of esters is 2. The summed E-state index contributed by atoms with van der Waals surface area (Å²) < 4.78 is 22.9. The third-order valence-electron chi connectivity index (χ3n) is 13.8. The first-order valence-corrected chi connectivity index (χ1v) is 32.4. The minimum absolute atomic E-state index is 0.179. The minimum atomic E-state index is -1.52. The van der Waals surface area contributed by atoms with Gasteiger partial charge in [0.1, 0.15) is 13.2 Å². The van der Waals surface area contributed by atoms with Gasteiger partial charge in [0.2, 0.25) is 0 Å². The van der Waals surface area contributed by atoms with E-state index in [2.05, 4.69) is 111 Å². The lowest BCUT2D eigenvalue weighted by Gasteiger charge is -2.25. The molecular formula is C70H122NO8+. The molecule has 79 heavy (non-hydrogen) atoms. The predicted octanol–water partition coefficient (Wildman–Crippen LogP) is 19.7. The average Bonchev–Trinajstić information content (AvgIpc) is 3.42. The molecule has 2 atom stereocenters. The van der Waals surface area contributed by atoms with E-state index >= 15 is 0 Å². The number of likely N-dealkylation sites (N-methyl/N-ethyl adjacent to an activating group) is 1. The van der Waals surface area contributed by atoms with E-state index < -0.39 is 24.3 Å². The lowest BCUT2D eigenvalue weighted by molar-refractivity contribution is -0.870. The molecule has 0 spiro atoms. The summed E-state index contributed by atoms with van der Waals surface area (Å²) >= 11 is 0. The van der Waals surface area contributed by atoms with Gasteiger partial charge in [0.15, 0.2) is 6.10 Å². The summed E-state index contributed by atoms with van der Waals surface area (Å²) in [5.41, 5.74) is 0. The summed E-state index contributed by atoms with van der Waals surface area (Å²) in [4.78, 5) is 37.5. The Bertz CT molecular complexity index is 1620. The molecule has 9 nitrogen and oxygen atoms in total. The van der Waals surface area contributed by atoms with Crippen LogP contribution in [0.2, 0.25) is 0 Å². The van der Waals surface area contributed by atoms with E-state index in [0.717, 1.165) is 96.3 Å². The van der Waals surface area contributed by atoms with Crippen LogP contribution in [0.5, 0.6) is 0 Å². The van der Waals surface area contributed by atoms with Gasteiger partial charge in [0.25, 0.3) is 6.29 Å². The van der Waals surface area contributed by atoms with Crippen LogP contribution in [0.3, 0.4) is 0 Å². The molecular weight excluding hydrogens is 983 g/mol. The molecule has 0 radical (unpaired) electrons. The number of rotatable bonds is 59. The molecule has 0 amide bonds. The van der Waals surface area contributed by atoms with Crippen molar-refractivity contribution in [3.05, 3.63) is 97.2 Å². The number of nitrogens with zero attached hydrogens (tertiary/aromatic N) is 1. The van der Waals surface area contributed by atoms with E-state index in [4.69, 9.17) is 18.9 Å². The van der Waals surface area contributed by atoms with Gasteiger partial charge in [-0.15, -0.1) is 0 Å². The van der Waals surface area contributed by atoms with Crippen molar-refractivity contribution in [2.45, 2.75) is 283 Å². The molecule has 0 saturated heterocycles. The summed E-state index contributed by atoms with van der Waals surface area (Å²) in [6.45, 7) is 4.76. The summed E-state index contributed by atoms with van der Waals surface area (Å²) in [5.74, 6) is -2.03. The second-order valence-corrected chi connectivity index (χ2v) is 22.7. The molecule has 0 aromatic heterocycles. The van der Waals surface area contributed by atoms with Gasteiger partial charge in [-0.1, -0.05) is 259 Å². The summed E-state index contributed by atoms with van der Waals surface area (Å²) in [7, 11) is 5.96. The number of carboxylic acids is 1. The zero-order valence-electron chi connectivity index (χ0n) is 51.8. The Labute approximate surface area is 486 Å². The Balaban J connectivity index is 4.23. The third kappa shape index (κ3) is 61.7. The number of quaternary nitrogens is 1. The number of hydrogen-bond donors (Lipinski definition) is 1. The van der Waals surface area contributed by atoms with Crippen LogP contribution in [0, 0.1) is 0 Å². The van der Waals surface area contributed by atoms with E-state index in [0.29, 0.717) is 23.9 Å². The fourth-order valence-electron chi connectivity index (χ4n) is 8.87. The Kier molecular flexibility index (Phi) is 57.4. The summed E-state index contributed by atoms with van der Waals surface area (Å²) in [6.07, 6.45) is 79.3. The van der Waals surface area contributed by atoms with Gasteiger partial charge in [-0.25, -0.2) is 4.79 Å². The Morgan fingerprint density at radius 1 is 0.392 bits per heavy atom. The lowest BCUT2D eigenvalue weighted by Crippen LogP contribution is -2.40. The summed E-state index contributed by atoms with van der Waals surface area (Å²) in [6, 6.07) is 0. The number of aliphatic carboxylic acids is 1. The Hall–Kier alpha value is -3.79. The molecule has 0 fully saturated rings. The van der Waals surface area contributed by atoms with Crippen molar-refractivity contribution in [2.24, 2.45) is 0 Å². The maximum absolute atomic E-state index is 12.9. The average molecular weight is 1110 g/mol. The zero-order valence-corrected chi connectivity index (χ0v) is 51.8. The van der Waals surface area contributed by atoms with Crippen LogP contribution < -0.4 is 0 Å². The molecule has 1 N–H and O–H groups in total. The molecule has 0 aromatic carbocycles. The molecule has 0 aliphatic rings. The molecule has 0 saturated carbocycles. The van der Waals surface area contributed by atoms with E-state index in [-0.39, 0.29) is 32.2 Å². The molecule has 9 heteroatoms. The quantitative estimate of drug-likeness (QED) is 0.0211. The molecule has 2 unspecified atom stereocenters. The molecule has 0 aliphatic carbocycles. The smallest absolute Gasteiger partial charge is 0.361 e. The third-order valence-corrected chi connectivity index (χ3v) is 13.8. The maximum Gasteiger partial charge on any atom is 0.361 e. The monoisotopic (exact) mass is 1100 g/mol. The van der Waals surface area contributed by atoms with Crippen LogP contribution in [0.1, 0.15) is 271 Å². The molecule has 0 aromatic rings. The van der Waals surface area contributed by atoms with Gasteiger partial charge in [-0.05, 0) is 96.3 Å². The van der Waals surface area contributed by atoms with Crippen LogP contribution in [-0.2, 0) is 33.3 Å². The highest BCUT2D eigenvalue weighted by Gasteiger charge is 2.25. The Morgan fingerprint density at radius 3 is 1.09 bits per heavy atom. The zero-order chi connectivity index (χ0) is 57.6. The standard InChI is InChI=1S/C70H121NO8/c1-6-8-10-12-14-16-18-20-22-24-26-28-30-32-34-36-38-40-42-44-46-48-50-52-54-56-58-60-67(72)77-64-66(65-78-70(69(74)75)76-63-62-71(3,4)5)79-68(73)61-59-57-55-53-51-49-47-45-43-41-39-37-35-33-31-29-27-25-23-21-19-17-15-13-11-9-7-2/h9,11,15,17,21,23-24,26-27,29,33,35,39,41,45,47,66,70H,6-8,10,12-14,16,18-20,22,25,28,30-32,34,36-38,40,42-44,46,48-65H2,1-5H3/p+1/b11-9-,17-15-,23-21-,26-24-,29-27-,35-33-,41-39-,47-45-. The Morgan fingerprint density at radius 2 is 0.722 bits per heavy atom. The van der Waals surface area contributed by atoms with Crippen molar-refractivity contribution in [1.82, 2.24) is 0 Å². The maximum atomic E-state index is 12.9. The number of hydrogen-bond acceptors (Lipinski definition) is 7. The summed E-state index contributed by atoms with van der Waals surface area (Å²) in [5, 5.41) is 9.73. The van der Waals surface area contributed by atoms with Crippen LogP contribution in [0.25, 0.3) is 0 Å². The molecule has 0 rings (SSSR count). The largest absolute Gasteiger partial charge is 0.477 e. The lowest BCUT2D eigenvalue weighted by atomic mass is 10.0. The van der Waals surface area contributed by atoms with Crippen molar-refractivity contribution in [3.63, 3.8) is 0 Å². The van der Waals surface area contributed by atoms with Gasteiger partial charge in [-0.2, -0.15) is 0 Å². The number of carboxylic acid groups (broad SMARTS) is 1. The second kappa shape index (κ2) is 60.3. The topological polar surface area (TPSA) is 108 Å². The van der Waals surface area contributed by atoms with Crippen molar-refractivity contribution in [2.75, 3.05) is 47.5 Å².